The summed E-state index contributed by atoms with van der Waals surface area (Å²) in [7, 11) is 0. The molecule has 0 aromatic heterocycles. The summed E-state index contributed by atoms with van der Waals surface area (Å²) in [6.07, 6.45) is 3.94. The van der Waals surface area contributed by atoms with Crippen LogP contribution in [0.5, 0.6) is 0 Å². The first-order chi connectivity index (χ1) is 10.5. The third kappa shape index (κ3) is 4.14. The summed E-state index contributed by atoms with van der Waals surface area (Å²) in [5.41, 5.74) is 5.57. The minimum atomic E-state index is -1.00. The Morgan fingerprint density at radius 2 is 1.95 bits per heavy atom. The fourth-order valence-electron chi connectivity index (χ4n) is 2.10. The predicted molar refractivity (Wildman–Crippen MR) is 79.5 cm³/mol. The monoisotopic (exact) mass is 310 g/mol. The van der Waals surface area contributed by atoms with Gasteiger partial charge in [-0.3, -0.25) is 19.3 Å². The van der Waals surface area contributed by atoms with Crippen LogP contribution in [0, 0.1) is 0 Å². The van der Waals surface area contributed by atoms with Gasteiger partial charge in [-0.25, -0.2) is 9.69 Å². The Kier molecular flexibility index (Phi) is 6.71. The van der Waals surface area contributed by atoms with Crippen molar-refractivity contribution in [1.82, 2.24) is 15.1 Å². The third-order valence-corrected chi connectivity index (χ3v) is 3.30. The fourth-order valence-corrected chi connectivity index (χ4v) is 2.10. The van der Waals surface area contributed by atoms with Gasteiger partial charge in [0.1, 0.15) is 6.54 Å². The van der Waals surface area contributed by atoms with Crippen molar-refractivity contribution < 1.29 is 19.2 Å². The Hall–Kier alpha value is -2.22. The zero-order chi connectivity index (χ0) is 16.7. The lowest BCUT2D eigenvalue weighted by atomic mass is 10.1. The SMILES string of the molecule is C=CCN1C(=O)C(=O)N(CC(=O)NC(CN)CCCC)C1=O. The highest BCUT2D eigenvalue weighted by Gasteiger charge is 2.44. The van der Waals surface area contributed by atoms with Gasteiger partial charge in [-0.15, -0.1) is 6.58 Å². The van der Waals surface area contributed by atoms with Crippen LogP contribution >= 0.6 is 0 Å². The standard InChI is InChI=1S/C14H22N4O4/c1-3-5-6-10(8-15)16-11(19)9-18-13(21)12(20)17(7-4-2)14(18)22/h4,10H,2-3,5-9,15H2,1H3,(H,16,19). The average Bonchev–Trinajstić information content (AvgIpc) is 2.69. The topological polar surface area (TPSA) is 113 Å². The molecule has 22 heavy (non-hydrogen) atoms. The van der Waals surface area contributed by atoms with Crippen molar-refractivity contribution in [2.45, 2.75) is 32.2 Å². The van der Waals surface area contributed by atoms with Crippen LogP contribution in [0.4, 0.5) is 4.79 Å². The zero-order valence-electron chi connectivity index (χ0n) is 12.7. The second-order valence-corrected chi connectivity index (χ2v) is 5.02. The molecule has 0 radical (unpaired) electrons. The second-order valence-electron chi connectivity index (χ2n) is 5.02. The van der Waals surface area contributed by atoms with Crippen molar-refractivity contribution in [1.29, 1.82) is 0 Å². The molecule has 1 atom stereocenters. The molecular formula is C14H22N4O4. The highest BCUT2D eigenvalue weighted by atomic mass is 16.2. The normalized spacial score (nSPS) is 16.2. The summed E-state index contributed by atoms with van der Waals surface area (Å²) >= 11 is 0. The van der Waals surface area contributed by atoms with Gasteiger partial charge >= 0.3 is 17.8 Å². The molecule has 8 heteroatoms. The van der Waals surface area contributed by atoms with E-state index < -0.39 is 30.3 Å². The minimum absolute atomic E-state index is 0.0660. The van der Waals surface area contributed by atoms with Crippen LogP contribution in [0.3, 0.4) is 0 Å². The molecule has 1 fully saturated rings. The van der Waals surface area contributed by atoms with Crippen LogP contribution in [0.15, 0.2) is 12.7 Å². The van der Waals surface area contributed by atoms with Gasteiger partial charge in [0.2, 0.25) is 5.91 Å². The van der Waals surface area contributed by atoms with Crippen molar-refractivity contribution in [3.05, 3.63) is 12.7 Å². The number of nitrogens with one attached hydrogen (secondary N) is 1. The molecule has 0 bridgehead atoms. The molecule has 1 unspecified atom stereocenters. The van der Waals surface area contributed by atoms with E-state index in [1.165, 1.54) is 6.08 Å². The second kappa shape index (κ2) is 8.28. The van der Waals surface area contributed by atoms with E-state index >= 15 is 0 Å². The summed E-state index contributed by atoms with van der Waals surface area (Å²) in [6, 6.07) is -1.01. The number of carbonyl (C=O) groups is 4. The Bertz CT molecular complexity index is 477. The first kappa shape index (κ1) is 17.8. The number of hydrogen-bond donors (Lipinski definition) is 2. The van der Waals surface area contributed by atoms with Crippen LogP contribution in [-0.2, 0) is 14.4 Å². The van der Waals surface area contributed by atoms with Crippen molar-refractivity contribution in [2.24, 2.45) is 5.73 Å². The molecule has 0 spiro atoms. The number of amides is 5. The number of hydrogen-bond acceptors (Lipinski definition) is 5. The number of unbranched alkanes of at least 4 members (excludes halogenated alkanes) is 1. The van der Waals surface area contributed by atoms with E-state index in [-0.39, 0.29) is 19.1 Å². The first-order valence-corrected chi connectivity index (χ1v) is 7.23. The van der Waals surface area contributed by atoms with Crippen LogP contribution < -0.4 is 11.1 Å². The van der Waals surface area contributed by atoms with Crippen molar-refractivity contribution in [3.63, 3.8) is 0 Å². The van der Waals surface area contributed by atoms with E-state index in [1.54, 1.807) is 0 Å². The average molecular weight is 310 g/mol. The quantitative estimate of drug-likeness (QED) is 0.342. The molecule has 1 rings (SSSR count). The zero-order valence-corrected chi connectivity index (χ0v) is 12.7. The van der Waals surface area contributed by atoms with Crippen LogP contribution in [0.2, 0.25) is 0 Å². The smallest absolute Gasteiger partial charge is 0.335 e. The predicted octanol–water partition coefficient (Wildman–Crippen LogP) is -0.403. The highest BCUT2D eigenvalue weighted by Crippen LogP contribution is 2.11. The van der Waals surface area contributed by atoms with Gasteiger partial charge < -0.3 is 11.1 Å². The number of urea groups is 1. The molecule has 8 nitrogen and oxygen atoms in total. The van der Waals surface area contributed by atoms with E-state index in [2.05, 4.69) is 11.9 Å². The minimum Gasteiger partial charge on any atom is -0.351 e. The van der Waals surface area contributed by atoms with Gasteiger partial charge in [-0.2, -0.15) is 0 Å². The summed E-state index contributed by atoms with van der Waals surface area (Å²) in [4.78, 5) is 48.6. The van der Waals surface area contributed by atoms with E-state index in [0.717, 1.165) is 24.2 Å². The summed E-state index contributed by atoms with van der Waals surface area (Å²) < 4.78 is 0. The van der Waals surface area contributed by atoms with E-state index in [1.807, 2.05) is 6.92 Å². The highest BCUT2D eigenvalue weighted by molar-refractivity contribution is 6.45. The summed E-state index contributed by atoms with van der Waals surface area (Å²) in [5.74, 6) is -2.46. The molecule has 0 aromatic carbocycles. The van der Waals surface area contributed by atoms with Crippen LogP contribution in [-0.4, -0.2) is 59.2 Å². The van der Waals surface area contributed by atoms with Crippen molar-refractivity contribution in [2.75, 3.05) is 19.6 Å². The number of rotatable bonds is 9. The molecule has 5 amide bonds. The number of nitrogens with two attached hydrogens (primary N) is 1. The maximum atomic E-state index is 11.9. The fraction of sp³-hybridized carbons (Fsp3) is 0.571. The molecule has 1 saturated heterocycles. The number of carbonyl (C=O) groups excluding carboxylic acids is 4. The molecule has 0 aromatic rings. The largest absolute Gasteiger partial charge is 0.351 e. The first-order valence-electron chi connectivity index (χ1n) is 7.23. The van der Waals surface area contributed by atoms with E-state index in [0.29, 0.717) is 4.90 Å². The summed E-state index contributed by atoms with van der Waals surface area (Å²) in [5, 5.41) is 2.67. The Morgan fingerprint density at radius 1 is 1.32 bits per heavy atom. The van der Waals surface area contributed by atoms with Crippen molar-refractivity contribution in [3.8, 4) is 0 Å². The molecule has 1 heterocycles. The molecule has 3 N–H and O–H groups in total. The van der Waals surface area contributed by atoms with Gasteiger partial charge in [0.05, 0.1) is 0 Å². The van der Waals surface area contributed by atoms with E-state index in [9.17, 15) is 19.2 Å². The van der Waals surface area contributed by atoms with Crippen LogP contribution in [0.1, 0.15) is 26.2 Å². The summed E-state index contributed by atoms with van der Waals surface area (Å²) in [6.45, 7) is 5.16. The lowest BCUT2D eigenvalue weighted by molar-refractivity contribution is -0.143. The lowest BCUT2D eigenvalue weighted by Gasteiger charge is -2.19. The maximum Gasteiger partial charge on any atom is 0.335 e. The van der Waals surface area contributed by atoms with Gasteiger partial charge in [0, 0.05) is 19.1 Å². The van der Waals surface area contributed by atoms with Crippen LogP contribution in [0.25, 0.3) is 0 Å². The molecule has 1 aliphatic heterocycles. The van der Waals surface area contributed by atoms with Gasteiger partial charge in [0.25, 0.3) is 0 Å². The molecule has 0 aliphatic carbocycles. The molecular weight excluding hydrogens is 288 g/mol. The Labute approximate surface area is 129 Å². The third-order valence-electron chi connectivity index (χ3n) is 3.30. The molecule has 1 aliphatic rings. The Balaban J connectivity index is 2.63. The number of nitrogens with zero attached hydrogens (tertiary/aromatic N) is 2. The van der Waals surface area contributed by atoms with E-state index in [4.69, 9.17) is 5.73 Å². The number of imide groups is 2. The van der Waals surface area contributed by atoms with Gasteiger partial charge in [-0.1, -0.05) is 25.8 Å². The maximum absolute atomic E-state index is 11.9. The molecule has 0 saturated carbocycles. The van der Waals surface area contributed by atoms with Gasteiger partial charge in [-0.05, 0) is 6.42 Å². The Morgan fingerprint density at radius 3 is 2.50 bits per heavy atom. The van der Waals surface area contributed by atoms with Crippen molar-refractivity contribution >= 4 is 23.8 Å². The van der Waals surface area contributed by atoms with Gasteiger partial charge in [0.15, 0.2) is 0 Å². The lowest BCUT2D eigenvalue weighted by Crippen LogP contribution is -2.46. The molecule has 122 valence electrons.